The van der Waals surface area contributed by atoms with E-state index in [4.69, 9.17) is 43.6 Å². The number of carboxylic acid groups (broad SMARTS) is 2. The van der Waals surface area contributed by atoms with E-state index in [0.29, 0.717) is 86.6 Å². The highest BCUT2D eigenvalue weighted by Gasteiger charge is 2.33. The normalized spacial score (nSPS) is 21.3. The van der Waals surface area contributed by atoms with Gasteiger partial charge in [-0.3, -0.25) is 28.5 Å². The topological polar surface area (TPSA) is 151 Å². The maximum Gasteiger partial charge on any atom is 0.306 e. The molecule has 2 saturated carbocycles. The summed E-state index contributed by atoms with van der Waals surface area (Å²) in [6.07, 6.45) is 8.76. The lowest BCUT2D eigenvalue weighted by Gasteiger charge is -2.31. The van der Waals surface area contributed by atoms with Gasteiger partial charge in [-0.05, 0) is 136 Å². The summed E-state index contributed by atoms with van der Waals surface area (Å²) in [7, 11) is 0. The Bertz CT molecular complexity index is 2010. The number of aryl methyl sites for hydroxylation is 2. The molecule has 0 spiro atoms. The third kappa shape index (κ3) is 10.6. The molecule has 0 bridgehead atoms. The Morgan fingerprint density at radius 2 is 0.933 bits per heavy atom. The van der Waals surface area contributed by atoms with E-state index in [9.17, 15) is 19.2 Å². The second-order valence-corrected chi connectivity index (χ2v) is 18.1. The maximum absolute atomic E-state index is 13.0. The molecular weight excluding hydrogens is 803 g/mol. The standard InChI is InChI=1S/2C23H28ClN3O3/c2*1-15-20-10-11-26(22(28)12-16-2-6-18(7-3-16)23(29)30)14-21(20)27(25-15)13-17-4-8-19(24)9-5-17/h2*4-5,8-9,16,18H,2-3,6-7,10-14H2,1H3,(H,29,30). The number of carboxylic acids is 2. The zero-order chi connectivity index (χ0) is 42.5. The Kier molecular flexibility index (Phi) is 14.0. The zero-order valence-electron chi connectivity index (χ0n) is 34.6. The smallest absolute Gasteiger partial charge is 0.306 e. The molecule has 2 N–H and O–H groups in total. The number of carbonyl (C=O) groups is 4. The van der Waals surface area contributed by atoms with E-state index >= 15 is 0 Å². The molecule has 0 unspecified atom stereocenters. The van der Waals surface area contributed by atoms with Crippen molar-refractivity contribution in [2.75, 3.05) is 13.1 Å². The fraction of sp³-hybridized carbons (Fsp3) is 0.522. The Labute approximate surface area is 361 Å². The summed E-state index contributed by atoms with van der Waals surface area (Å²) < 4.78 is 4.04. The minimum absolute atomic E-state index is 0.177. The van der Waals surface area contributed by atoms with Crippen LogP contribution in [0.15, 0.2) is 48.5 Å². The van der Waals surface area contributed by atoms with E-state index in [1.165, 1.54) is 11.1 Å². The van der Waals surface area contributed by atoms with E-state index in [0.717, 1.165) is 85.5 Å². The summed E-state index contributed by atoms with van der Waals surface area (Å²) in [5.74, 6) is -0.920. The molecule has 4 aliphatic rings. The van der Waals surface area contributed by atoms with Gasteiger partial charge in [0.1, 0.15) is 0 Å². The van der Waals surface area contributed by atoms with Crippen LogP contribution in [-0.2, 0) is 58.2 Å². The summed E-state index contributed by atoms with van der Waals surface area (Å²) in [6, 6.07) is 15.6. The van der Waals surface area contributed by atoms with Crippen LogP contribution in [-0.4, -0.2) is 76.4 Å². The molecule has 2 aromatic carbocycles. The highest BCUT2D eigenvalue weighted by molar-refractivity contribution is 6.30. The van der Waals surface area contributed by atoms with E-state index < -0.39 is 11.9 Å². The van der Waals surface area contributed by atoms with Crippen LogP contribution in [0.3, 0.4) is 0 Å². The average Bonchev–Trinajstić information content (AvgIpc) is 3.73. The number of carbonyl (C=O) groups excluding carboxylic acids is 2. The molecule has 2 aromatic heterocycles. The van der Waals surface area contributed by atoms with E-state index in [1.807, 2.05) is 81.5 Å². The van der Waals surface area contributed by atoms with E-state index in [-0.39, 0.29) is 23.7 Å². The first kappa shape index (κ1) is 43.4. The van der Waals surface area contributed by atoms with Gasteiger partial charge in [-0.25, -0.2) is 0 Å². The van der Waals surface area contributed by atoms with Crippen molar-refractivity contribution >= 4 is 47.0 Å². The van der Waals surface area contributed by atoms with Gasteiger partial charge in [-0.15, -0.1) is 0 Å². The number of amides is 2. The summed E-state index contributed by atoms with van der Waals surface area (Å²) in [4.78, 5) is 52.1. The largest absolute Gasteiger partial charge is 0.481 e. The number of nitrogens with zero attached hydrogens (tertiary/aromatic N) is 6. The molecule has 4 heterocycles. The fourth-order valence-corrected chi connectivity index (χ4v) is 9.79. The van der Waals surface area contributed by atoms with Crippen molar-refractivity contribution < 1.29 is 29.4 Å². The van der Waals surface area contributed by atoms with Crippen LogP contribution >= 0.6 is 23.2 Å². The molecule has 2 aliphatic carbocycles. The molecule has 320 valence electrons. The molecule has 4 aromatic rings. The van der Waals surface area contributed by atoms with Crippen molar-refractivity contribution in [3.8, 4) is 0 Å². The average molecular weight is 860 g/mol. The molecule has 2 aliphatic heterocycles. The van der Waals surface area contributed by atoms with Crippen LogP contribution in [0.25, 0.3) is 0 Å². The summed E-state index contributed by atoms with van der Waals surface area (Å²) in [6.45, 7) is 8.03. The lowest BCUT2D eigenvalue weighted by atomic mass is 9.80. The third-order valence-electron chi connectivity index (χ3n) is 13.2. The molecule has 2 amide bonds. The van der Waals surface area contributed by atoms with Crippen LogP contribution in [0.4, 0.5) is 0 Å². The van der Waals surface area contributed by atoms with Crippen molar-refractivity contribution in [3.05, 3.63) is 104 Å². The zero-order valence-corrected chi connectivity index (χ0v) is 36.1. The van der Waals surface area contributed by atoms with Crippen LogP contribution in [0.5, 0.6) is 0 Å². The first-order chi connectivity index (χ1) is 28.8. The Balaban J connectivity index is 0.000000181. The number of aromatic nitrogens is 4. The first-order valence-electron chi connectivity index (χ1n) is 21.4. The lowest BCUT2D eigenvalue weighted by molar-refractivity contribution is -0.144. The molecule has 0 saturated heterocycles. The third-order valence-corrected chi connectivity index (χ3v) is 13.7. The van der Waals surface area contributed by atoms with Gasteiger partial charge in [-0.2, -0.15) is 10.2 Å². The molecule has 60 heavy (non-hydrogen) atoms. The van der Waals surface area contributed by atoms with Crippen molar-refractivity contribution in [2.24, 2.45) is 23.7 Å². The quantitative estimate of drug-likeness (QED) is 0.162. The minimum atomic E-state index is -0.701. The van der Waals surface area contributed by atoms with Gasteiger partial charge in [0.05, 0.1) is 60.8 Å². The van der Waals surface area contributed by atoms with Crippen LogP contribution in [0.2, 0.25) is 10.0 Å². The number of hydrogen-bond donors (Lipinski definition) is 2. The molecule has 0 radical (unpaired) electrons. The number of aliphatic carboxylic acids is 2. The van der Waals surface area contributed by atoms with Crippen LogP contribution in [0, 0.1) is 37.5 Å². The molecular formula is C46H56Cl2N6O6. The fourth-order valence-electron chi connectivity index (χ4n) is 9.54. The highest BCUT2D eigenvalue weighted by Crippen LogP contribution is 2.34. The number of benzene rings is 2. The number of hydrogen-bond acceptors (Lipinski definition) is 6. The number of fused-ring (bicyclic) bond motifs is 2. The van der Waals surface area contributed by atoms with Crippen LogP contribution < -0.4 is 0 Å². The summed E-state index contributed by atoms with van der Waals surface area (Å²) >= 11 is 12.0. The molecule has 8 rings (SSSR count). The predicted octanol–water partition coefficient (Wildman–Crippen LogP) is 8.12. The van der Waals surface area contributed by atoms with Gasteiger partial charge in [0, 0.05) is 36.0 Å². The van der Waals surface area contributed by atoms with Crippen molar-refractivity contribution in [3.63, 3.8) is 0 Å². The number of halogens is 2. The Morgan fingerprint density at radius 1 is 0.583 bits per heavy atom. The second kappa shape index (κ2) is 19.4. The van der Waals surface area contributed by atoms with Crippen molar-refractivity contribution in [1.82, 2.24) is 29.4 Å². The Hall–Kier alpha value is -4.68. The number of rotatable bonds is 10. The van der Waals surface area contributed by atoms with Gasteiger partial charge < -0.3 is 20.0 Å². The monoisotopic (exact) mass is 858 g/mol. The molecule has 14 heteroatoms. The SMILES string of the molecule is Cc1nn(Cc2ccc(Cl)cc2)c2c1CCN(C(=O)CC1CCC(C(=O)O)CC1)C2.Cc1nn(Cc2ccc(Cl)cc2)c2c1CCN(C(=O)CC1CCC(C(=O)O)CC1)C2. The molecule has 12 nitrogen and oxygen atoms in total. The Morgan fingerprint density at radius 3 is 1.27 bits per heavy atom. The van der Waals surface area contributed by atoms with Crippen molar-refractivity contribution in [2.45, 2.75) is 117 Å². The van der Waals surface area contributed by atoms with Gasteiger partial charge in [0.2, 0.25) is 11.8 Å². The van der Waals surface area contributed by atoms with Gasteiger partial charge in [0.15, 0.2) is 0 Å². The van der Waals surface area contributed by atoms with Gasteiger partial charge in [0.25, 0.3) is 0 Å². The maximum atomic E-state index is 13.0. The second-order valence-electron chi connectivity index (χ2n) is 17.2. The predicted molar refractivity (Wildman–Crippen MR) is 229 cm³/mol. The van der Waals surface area contributed by atoms with E-state index in [1.54, 1.807) is 0 Å². The summed E-state index contributed by atoms with van der Waals surface area (Å²) in [5.41, 5.74) is 9.10. The molecule has 2 fully saturated rings. The molecule has 0 atom stereocenters. The van der Waals surface area contributed by atoms with Crippen LogP contribution in [0.1, 0.15) is 109 Å². The minimum Gasteiger partial charge on any atom is -0.481 e. The van der Waals surface area contributed by atoms with Crippen molar-refractivity contribution in [1.29, 1.82) is 0 Å². The highest BCUT2D eigenvalue weighted by atomic mass is 35.5. The summed E-state index contributed by atoms with van der Waals surface area (Å²) in [5, 5.41) is 29.2. The first-order valence-corrected chi connectivity index (χ1v) is 22.2. The lowest BCUT2D eigenvalue weighted by Crippen LogP contribution is -2.38. The van der Waals surface area contributed by atoms with Gasteiger partial charge in [-0.1, -0.05) is 47.5 Å². The van der Waals surface area contributed by atoms with E-state index in [2.05, 4.69) is 0 Å². The van der Waals surface area contributed by atoms with Gasteiger partial charge >= 0.3 is 11.9 Å².